The molecular formula is C12H22O2. The fourth-order valence-electron chi connectivity index (χ4n) is 1.61. The van der Waals surface area contributed by atoms with Crippen LogP contribution < -0.4 is 0 Å². The average Bonchev–Trinajstić information content (AvgIpc) is 2.02. The van der Waals surface area contributed by atoms with Gasteiger partial charge in [0, 0.05) is 5.57 Å². The minimum atomic E-state index is -0.786. The summed E-state index contributed by atoms with van der Waals surface area (Å²) in [7, 11) is 0. The summed E-state index contributed by atoms with van der Waals surface area (Å²) in [5.41, 5.74) is 1.57. The lowest BCUT2D eigenvalue weighted by molar-refractivity contribution is -0.132. The van der Waals surface area contributed by atoms with Gasteiger partial charge in [-0.1, -0.05) is 39.7 Å². The molecule has 82 valence electrons. The van der Waals surface area contributed by atoms with Gasteiger partial charge in [0.15, 0.2) is 0 Å². The lowest BCUT2D eigenvalue weighted by atomic mass is 9.81. The molecule has 0 aromatic heterocycles. The molecule has 0 aromatic carbocycles. The van der Waals surface area contributed by atoms with E-state index in [0.717, 1.165) is 24.8 Å². The molecule has 2 nitrogen and oxygen atoms in total. The van der Waals surface area contributed by atoms with E-state index >= 15 is 0 Å². The number of aliphatic carboxylic acids is 1. The molecule has 2 heteroatoms. The third-order valence-corrected chi connectivity index (χ3v) is 2.46. The predicted molar refractivity (Wildman–Crippen MR) is 59.3 cm³/mol. The average molecular weight is 198 g/mol. The molecule has 1 N–H and O–H groups in total. The lowest BCUT2D eigenvalue weighted by Crippen LogP contribution is -2.15. The van der Waals surface area contributed by atoms with Crippen LogP contribution in [0.2, 0.25) is 0 Å². The van der Waals surface area contributed by atoms with Crippen LogP contribution in [-0.4, -0.2) is 11.1 Å². The van der Waals surface area contributed by atoms with Crippen molar-refractivity contribution in [3.05, 3.63) is 11.1 Å². The van der Waals surface area contributed by atoms with E-state index in [0.29, 0.717) is 5.57 Å². The number of carboxylic acid groups (broad SMARTS) is 1. The number of hydrogen-bond donors (Lipinski definition) is 1. The Morgan fingerprint density at radius 3 is 2.07 bits per heavy atom. The van der Waals surface area contributed by atoms with E-state index in [1.54, 1.807) is 6.92 Å². The molecule has 0 aliphatic heterocycles. The zero-order valence-electron chi connectivity index (χ0n) is 9.98. The number of hydrogen-bond acceptors (Lipinski definition) is 1. The molecular weight excluding hydrogens is 176 g/mol. The summed E-state index contributed by atoms with van der Waals surface area (Å²) in [5, 5.41) is 8.96. The van der Waals surface area contributed by atoms with Gasteiger partial charge in [0.2, 0.25) is 0 Å². The number of unbranched alkanes of at least 4 members (excludes halogenated alkanes) is 1. The largest absolute Gasteiger partial charge is 0.478 e. The van der Waals surface area contributed by atoms with E-state index in [-0.39, 0.29) is 5.41 Å². The van der Waals surface area contributed by atoms with Crippen LogP contribution in [0.3, 0.4) is 0 Å². The number of rotatable bonds is 4. The molecule has 0 heterocycles. The smallest absolute Gasteiger partial charge is 0.331 e. The molecule has 0 amide bonds. The lowest BCUT2D eigenvalue weighted by Gasteiger charge is -2.24. The van der Waals surface area contributed by atoms with Crippen molar-refractivity contribution in [2.24, 2.45) is 5.41 Å². The monoisotopic (exact) mass is 198 g/mol. The van der Waals surface area contributed by atoms with Crippen molar-refractivity contribution in [3.8, 4) is 0 Å². The Morgan fingerprint density at radius 2 is 1.79 bits per heavy atom. The SMILES string of the molecule is CCCC/C(=C(/C)C(=O)O)C(C)(C)C. The van der Waals surface area contributed by atoms with Crippen molar-refractivity contribution in [2.75, 3.05) is 0 Å². The highest BCUT2D eigenvalue weighted by molar-refractivity contribution is 5.87. The molecule has 0 aliphatic carbocycles. The third kappa shape index (κ3) is 3.95. The Labute approximate surface area is 87.0 Å². The highest BCUT2D eigenvalue weighted by atomic mass is 16.4. The van der Waals surface area contributed by atoms with Gasteiger partial charge < -0.3 is 5.11 Å². The summed E-state index contributed by atoms with van der Waals surface area (Å²) in [6, 6.07) is 0. The van der Waals surface area contributed by atoms with Gasteiger partial charge in [-0.3, -0.25) is 0 Å². The van der Waals surface area contributed by atoms with Crippen LogP contribution in [0.25, 0.3) is 0 Å². The maximum absolute atomic E-state index is 10.9. The van der Waals surface area contributed by atoms with E-state index in [1.807, 2.05) is 0 Å². The maximum Gasteiger partial charge on any atom is 0.331 e. The van der Waals surface area contributed by atoms with Crippen LogP contribution in [0.15, 0.2) is 11.1 Å². The molecule has 0 aromatic rings. The Kier molecular flexibility index (Phi) is 4.89. The number of allylic oxidation sites excluding steroid dienone is 1. The Balaban J connectivity index is 4.90. The van der Waals surface area contributed by atoms with E-state index in [1.165, 1.54) is 0 Å². The fraction of sp³-hybridized carbons (Fsp3) is 0.750. The molecule has 0 spiro atoms. The first-order valence-electron chi connectivity index (χ1n) is 5.24. The molecule has 0 saturated heterocycles. The van der Waals surface area contributed by atoms with Crippen molar-refractivity contribution in [1.82, 2.24) is 0 Å². The molecule has 0 atom stereocenters. The van der Waals surface area contributed by atoms with Crippen molar-refractivity contribution < 1.29 is 9.90 Å². The van der Waals surface area contributed by atoms with Crippen LogP contribution in [-0.2, 0) is 4.79 Å². The standard InChI is InChI=1S/C12H22O2/c1-6-7-8-10(12(3,4)5)9(2)11(13)14/h6-8H2,1-5H3,(H,13,14)/b10-9+. The maximum atomic E-state index is 10.9. The van der Waals surface area contributed by atoms with Crippen LogP contribution in [0, 0.1) is 5.41 Å². The third-order valence-electron chi connectivity index (χ3n) is 2.46. The van der Waals surface area contributed by atoms with Gasteiger partial charge in [-0.05, 0) is 25.2 Å². The normalized spacial score (nSPS) is 13.8. The first-order chi connectivity index (χ1) is 6.30. The molecule has 0 rings (SSSR count). The van der Waals surface area contributed by atoms with Crippen molar-refractivity contribution >= 4 is 5.97 Å². The number of carbonyl (C=O) groups is 1. The van der Waals surface area contributed by atoms with Gasteiger partial charge in [0.25, 0.3) is 0 Å². The Bertz CT molecular complexity index is 231. The van der Waals surface area contributed by atoms with E-state index in [9.17, 15) is 4.79 Å². The molecule has 0 unspecified atom stereocenters. The summed E-state index contributed by atoms with van der Waals surface area (Å²) in [6.07, 6.45) is 3.07. The topological polar surface area (TPSA) is 37.3 Å². The summed E-state index contributed by atoms with van der Waals surface area (Å²) in [5.74, 6) is -0.786. The predicted octanol–water partition coefficient (Wildman–Crippen LogP) is 3.62. The van der Waals surface area contributed by atoms with E-state index < -0.39 is 5.97 Å². The Morgan fingerprint density at radius 1 is 1.29 bits per heavy atom. The van der Waals surface area contributed by atoms with Gasteiger partial charge in [-0.2, -0.15) is 0 Å². The second kappa shape index (κ2) is 5.18. The van der Waals surface area contributed by atoms with Crippen molar-refractivity contribution in [1.29, 1.82) is 0 Å². The molecule has 0 bridgehead atoms. The molecule has 0 saturated carbocycles. The van der Waals surface area contributed by atoms with E-state index in [2.05, 4.69) is 27.7 Å². The first-order valence-corrected chi connectivity index (χ1v) is 5.24. The second-order valence-electron chi connectivity index (χ2n) is 4.76. The first kappa shape index (κ1) is 13.2. The van der Waals surface area contributed by atoms with Gasteiger partial charge in [-0.15, -0.1) is 0 Å². The zero-order chi connectivity index (χ0) is 11.4. The molecule has 0 aliphatic rings. The summed E-state index contributed by atoms with van der Waals surface area (Å²) >= 11 is 0. The highest BCUT2D eigenvalue weighted by Crippen LogP contribution is 2.32. The van der Waals surface area contributed by atoms with Gasteiger partial charge >= 0.3 is 5.97 Å². The summed E-state index contributed by atoms with van der Waals surface area (Å²) in [6.45, 7) is 10.0. The quantitative estimate of drug-likeness (QED) is 0.700. The van der Waals surface area contributed by atoms with Gasteiger partial charge in [0.05, 0.1) is 0 Å². The Hall–Kier alpha value is -0.790. The number of carboxylic acids is 1. The van der Waals surface area contributed by atoms with Crippen LogP contribution in [0.4, 0.5) is 0 Å². The summed E-state index contributed by atoms with van der Waals surface area (Å²) < 4.78 is 0. The second-order valence-corrected chi connectivity index (χ2v) is 4.76. The fourth-order valence-corrected chi connectivity index (χ4v) is 1.61. The minimum Gasteiger partial charge on any atom is -0.478 e. The van der Waals surface area contributed by atoms with Gasteiger partial charge in [-0.25, -0.2) is 4.79 Å². The van der Waals surface area contributed by atoms with E-state index in [4.69, 9.17) is 5.11 Å². The minimum absolute atomic E-state index is 0.0301. The van der Waals surface area contributed by atoms with Crippen molar-refractivity contribution in [2.45, 2.75) is 53.9 Å². The van der Waals surface area contributed by atoms with Crippen LogP contribution >= 0.6 is 0 Å². The molecule has 14 heavy (non-hydrogen) atoms. The van der Waals surface area contributed by atoms with Crippen LogP contribution in [0.5, 0.6) is 0 Å². The highest BCUT2D eigenvalue weighted by Gasteiger charge is 2.21. The van der Waals surface area contributed by atoms with Crippen molar-refractivity contribution in [3.63, 3.8) is 0 Å². The zero-order valence-corrected chi connectivity index (χ0v) is 9.98. The molecule has 0 radical (unpaired) electrons. The van der Waals surface area contributed by atoms with Gasteiger partial charge in [0.1, 0.15) is 0 Å². The summed E-state index contributed by atoms with van der Waals surface area (Å²) in [4.78, 5) is 10.9. The van der Waals surface area contributed by atoms with Crippen LogP contribution in [0.1, 0.15) is 53.9 Å². The molecule has 0 fully saturated rings.